The molecule has 2 heterocycles. The molecule has 0 radical (unpaired) electrons. The largest absolute Gasteiger partial charge is 0.497 e. The number of aromatic nitrogens is 1. The predicted octanol–water partition coefficient (Wildman–Crippen LogP) is 5.25. The molecule has 1 aromatic heterocycles. The number of hydrogen-bond donors (Lipinski definition) is 0. The molecule has 0 unspecified atom stereocenters. The summed E-state index contributed by atoms with van der Waals surface area (Å²) >= 11 is 7.96. The number of thioether (sulfide) groups is 1. The molecular formula is C23H19N3O4S3. The molecule has 0 saturated carbocycles. The van der Waals surface area contributed by atoms with Crippen molar-refractivity contribution in [2.75, 3.05) is 24.0 Å². The quantitative estimate of drug-likeness (QED) is 0.340. The molecule has 1 aliphatic rings. The van der Waals surface area contributed by atoms with E-state index in [4.69, 9.17) is 21.7 Å². The van der Waals surface area contributed by atoms with Crippen LogP contribution in [0.2, 0.25) is 0 Å². The lowest BCUT2D eigenvalue weighted by molar-refractivity contribution is -0.116. The first-order chi connectivity index (χ1) is 15.9. The van der Waals surface area contributed by atoms with Crippen LogP contribution in [0, 0.1) is 0 Å². The van der Waals surface area contributed by atoms with Gasteiger partial charge in [-0.05, 0) is 42.5 Å². The Bertz CT molecular complexity index is 1250. The van der Waals surface area contributed by atoms with E-state index in [1.54, 1.807) is 74.2 Å². The van der Waals surface area contributed by atoms with Crippen LogP contribution in [0.5, 0.6) is 11.5 Å². The Labute approximate surface area is 204 Å². The maximum atomic E-state index is 13.1. The highest BCUT2D eigenvalue weighted by atomic mass is 32.2. The second-order valence-electron chi connectivity index (χ2n) is 6.83. The molecule has 33 heavy (non-hydrogen) atoms. The summed E-state index contributed by atoms with van der Waals surface area (Å²) in [6.45, 7) is 1.48. The van der Waals surface area contributed by atoms with E-state index in [1.165, 1.54) is 39.8 Å². The van der Waals surface area contributed by atoms with Gasteiger partial charge in [0.05, 0.1) is 36.2 Å². The summed E-state index contributed by atoms with van der Waals surface area (Å²) in [5.41, 5.74) is 1.89. The SMILES string of the molecule is COc1ccc(N(C(C)=O)c2nc(/C=C3\SC(=S)N(c4cccc(OC)c4)C3=O)cs2)cc1. The van der Waals surface area contributed by atoms with Crippen molar-refractivity contribution in [3.8, 4) is 11.5 Å². The third-order valence-corrected chi connectivity index (χ3v) is 6.88. The zero-order valence-corrected chi connectivity index (χ0v) is 20.4. The maximum absolute atomic E-state index is 13.1. The first-order valence-corrected chi connectivity index (χ1v) is 11.8. The predicted molar refractivity (Wildman–Crippen MR) is 137 cm³/mol. The Morgan fingerprint density at radius 1 is 1.12 bits per heavy atom. The minimum absolute atomic E-state index is 0.176. The first kappa shape index (κ1) is 23.0. The molecule has 7 nitrogen and oxygen atoms in total. The lowest BCUT2D eigenvalue weighted by Gasteiger charge is -2.18. The van der Waals surface area contributed by atoms with Gasteiger partial charge in [-0.2, -0.15) is 0 Å². The van der Waals surface area contributed by atoms with Crippen LogP contribution in [-0.2, 0) is 9.59 Å². The van der Waals surface area contributed by atoms with Crippen molar-refractivity contribution in [3.05, 3.63) is 64.5 Å². The number of thiazole rings is 1. The van der Waals surface area contributed by atoms with Crippen LogP contribution < -0.4 is 19.3 Å². The normalized spacial score (nSPS) is 14.6. The highest BCUT2D eigenvalue weighted by Crippen LogP contribution is 2.38. The Morgan fingerprint density at radius 3 is 2.52 bits per heavy atom. The number of methoxy groups -OCH3 is 2. The molecular weight excluding hydrogens is 478 g/mol. The lowest BCUT2D eigenvalue weighted by atomic mass is 10.2. The number of thiocarbonyl (C=S) groups is 1. The van der Waals surface area contributed by atoms with E-state index in [0.717, 1.165) is 0 Å². The Kier molecular flexibility index (Phi) is 6.77. The summed E-state index contributed by atoms with van der Waals surface area (Å²) in [5.74, 6) is 0.925. The average Bonchev–Trinajstić information content (AvgIpc) is 3.38. The third kappa shape index (κ3) is 4.77. The van der Waals surface area contributed by atoms with Crippen molar-refractivity contribution >= 4 is 74.0 Å². The van der Waals surface area contributed by atoms with Gasteiger partial charge in [0.15, 0.2) is 9.45 Å². The third-order valence-electron chi connectivity index (χ3n) is 4.73. The average molecular weight is 498 g/mol. The van der Waals surface area contributed by atoms with Crippen LogP contribution in [0.3, 0.4) is 0 Å². The van der Waals surface area contributed by atoms with Gasteiger partial charge in [0.2, 0.25) is 5.91 Å². The molecule has 4 rings (SSSR count). The number of carbonyl (C=O) groups excluding carboxylic acids is 2. The molecule has 10 heteroatoms. The number of amides is 2. The fraction of sp³-hybridized carbons (Fsp3) is 0.130. The number of benzene rings is 2. The Morgan fingerprint density at radius 2 is 1.85 bits per heavy atom. The van der Waals surface area contributed by atoms with Gasteiger partial charge in [-0.3, -0.25) is 19.4 Å². The first-order valence-electron chi connectivity index (χ1n) is 9.73. The minimum atomic E-state index is -0.230. The van der Waals surface area contributed by atoms with Crippen LogP contribution in [0.25, 0.3) is 6.08 Å². The second kappa shape index (κ2) is 9.74. The van der Waals surface area contributed by atoms with Crippen molar-refractivity contribution in [2.45, 2.75) is 6.92 Å². The summed E-state index contributed by atoms with van der Waals surface area (Å²) in [4.78, 5) is 33.4. The van der Waals surface area contributed by atoms with Crippen LogP contribution in [0.15, 0.2) is 58.8 Å². The molecule has 168 valence electrons. The molecule has 0 atom stereocenters. The van der Waals surface area contributed by atoms with E-state index in [1.807, 2.05) is 0 Å². The number of hydrogen-bond acceptors (Lipinski definition) is 8. The number of ether oxygens (including phenoxy) is 2. The summed E-state index contributed by atoms with van der Waals surface area (Å²) in [7, 11) is 3.15. The number of carbonyl (C=O) groups is 2. The van der Waals surface area contributed by atoms with Gasteiger partial charge in [0, 0.05) is 18.4 Å². The van der Waals surface area contributed by atoms with E-state index in [-0.39, 0.29) is 11.8 Å². The molecule has 1 saturated heterocycles. The maximum Gasteiger partial charge on any atom is 0.270 e. The van der Waals surface area contributed by atoms with E-state index in [2.05, 4.69) is 4.98 Å². The van der Waals surface area contributed by atoms with Gasteiger partial charge in [0.1, 0.15) is 11.5 Å². The Hall–Kier alpha value is -3.21. The number of rotatable bonds is 6. The van der Waals surface area contributed by atoms with Crippen molar-refractivity contribution < 1.29 is 19.1 Å². The van der Waals surface area contributed by atoms with Crippen LogP contribution >= 0.6 is 35.3 Å². The van der Waals surface area contributed by atoms with E-state index in [9.17, 15) is 9.59 Å². The summed E-state index contributed by atoms with van der Waals surface area (Å²) in [6.07, 6.45) is 1.69. The Balaban J connectivity index is 1.60. The molecule has 0 bridgehead atoms. The van der Waals surface area contributed by atoms with Crippen molar-refractivity contribution in [2.24, 2.45) is 0 Å². The molecule has 2 aromatic carbocycles. The fourth-order valence-electron chi connectivity index (χ4n) is 3.18. The fourth-order valence-corrected chi connectivity index (χ4v) is 5.31. The smallest absolute Gasteiger partial charge is 0.270 e. The lowest BCUT2D eigenvalue weighted by Crippen LogP contribution is -2.27. The summed E-state index contributed by atoms with van der Waals surface area (Å²) in [5, 5.41) is 2.30. The van der Waals surface area contributed by atoms with Gasteiger partial charge < -0.3 is 9.47 Å². The highest BCUT2D eigenvalue weighted by molar-refractivity contribution is 8.27. The molecule has 3 aromatic rings. The van der Waals surface area contributed by atoms with Crippen molar-refractivity contribution in [3.63, 3.8) is 0 Å². The molecule has 0 spiro atoms. The molecule has 2 amide bonds. The molecule has 1 aliphatic heterocycles. The number of nitrogens with zero attached hydrogens (tertiary/aromatic N) is 3. The molecule has 1 fully saturated rings. The number of anilines is 3. The van der Waals surface area contributed by atoms with Crippen molar-refractivity contribution in [1.29, 1.82) is 0 Å². The zero-order chi connectivity index (χ0) is 23.5. The van der Waals surface area contributed by atoms with Crippen LogP contribution in [-0.4, -0.2) is 35.3 Å². The van der Waals surface area contributed by atoms with Crippen molar-refractivity contribution in [1.82, 2.24) is 4.98 Å². The topological polar surface area (TPSA) is 72.0 Å². The summed E-state index contributed by atoms with van der Waals surface area (Å²) < 4.78 is 10.9. The standard InChI is InChI=1S/C23H19N3O4S3/c1-14(27)25(16-7-9-18(29-2)10-8-16)22-24-15(13-32-22)11-20-21(28)26(23(31)33-20)17-5-4-6-19(12-17)30-3/h4-13H,1-3H3/b20-11-. The van der Waals surface area contributed by atoms with Gasteiger partial charge in [0.25, 0.3) is 5.91 Å². The van der Waals surface area contributed by atoms with Crippen LogP contribution in [0.1, 0.15) is 12.6 Å². The zero-order valence-electron chi connectivity index (χ0n) is 18.0. The molecule has 0 N–H and O–H groups in total. The van der Waals surface area contributed by atoms with E-state index in [0.29, 0.717) is 42.9 Å². The minimum Gasteiger partial charge on any atom is -0.497 e. The monoisotopic (exact) mass is 497 g/mol. The van der Waals surface area contributed by atoms with E-state index < -0.39 is 0 Å². The van der Waals surface area contributed by atoms with Gasteiger partial charge in [-0.25, -0.2) is 4.98 Å². The highest BCUT2D eigenvalue weighted by Gasteiger charge is 2.33. The van der Waals surface area contributed by atoms with Crippen LogP contribution in [0.4, 0.5) is 16.5 Å². The van der Waals surface area contributed by atoms with Gasteiger partial charge in [-0.1, -0.05) is 30.0 Å². The summed E-state index contributed by atoms with van der Waals surface area (Å²) in [6, 6.07) is 14.3. The van der Waals surface area contributed by atoms with E-state index >= 15 is 0 Å². The molecule has 0 aliphatic carbocycles. The second-order valence-corrected chi connectivity index (χ2v) is 9.34. The van der Waals surface area contributed by atoms with Gasteiger partial charge in [-0.15, -0.1) is 11.3 Å². The van der Waals surface area contributed by atoms with Gasteiger partial charge >= 0.3 is 0 Å².